The molecule has 4 nitrogen and oxygen atoms in total. The first-order valence-corrected chi connectivity index (χ1v) is 4.11. The number of rotatable bonds is 2. The Morgan fingerprint density at radius 3 is 2.54 bits per heavy atom. The fourth-order valence-electron chi connectivity index (χ4n) is 0.708. The average molecular weight is 220 g/mol. The molecule has 70 valence electrons. The molecule has 2 amide bonds. The van der Waals surface area contributed by atoms with E-state index in [-0.39, 0.29) is 0 Å². The minimum atomic E-state index is -0.675. The molecule has 0 aliphatic rings. The van der Waals surface area contributed by atoms with Crippen LogP contribution in [-0.2, 0) is 0 Å². The largest absolute Gasteiger partial charge is 0.350 e. The molecule has 6 heteroatoms. The van der Waals surface area contributed by atoms with Crippen LogP contribution in [0, 0.1) is 0 Å². The molecule has 4 N–H and O–H groups in total. The van der Waals surface area contributed by atoms with Gasteiger partial charge in [-0.05, 0) is 18.2 Å². The summed E-state index contributed by atoms with van der Waals surface area (Å²) >= 11 is 11.4. The number of urea groups is 1. The van der Waals surface area contributed by atoms with E-state index in [1.165, 1.54) is 0 Å². The normalized spacial score (nSPS) is 9.38. The smallest absolute Gasteiger partial charge is 0.330 e. The highest BCUT2D eigenvalue weighted by atomic mass is 35.5. The zero-order chi connectivity index (χ0) is 9.84. The second-order valence-corrected chi connectivity index (χ2v) is 3.06. The van der Waals surface area contributed by atoms with Crippen LogP contribution in [0.15, 0.2) is 18.2 Å². The number of carbonyl (C=O) groups excluding carboxylic acids is 1. The highest BCUT2D eigenvalue weighted by molar-refractivity contribution is 6.42. The van der Waals surface area contributed by atoms with Crippen LogP contribution < -0.4 is 16.6 Å². The monoisotopic (exact) mass is 219 g/mol. The van der Waals surface area contributed by atoms with Crippen molar-refractivity contribution in [1.29, 1.82) is 0 Å². The summed E-state index contributed by atoms with van der Waals surface area (Å²) < 4.78 is 0. The summed E-state index contributed by atoms with van der Waals surface area (Å²) in [5.74, 6) is 0. The molecule has 0 radical (unpaired) electrons. The lowest BCUT2D eigenvalue weighted by atomic mass is 10.3. The summed E-state index contributed by atoms with van der Waals surface area (Å²) in [6, 6.07) is 4.16. The van der Waals surface area contributed by atoms with Gasteiger partial charge in [0.05, 0.1) is 15.7 Å². The number of halogens is 2. The summed E-state index contributed by atoms with van der Waals surface area (Å²) in [6.07, 6.45) is 0. The van der Waals surface area contributed by atoms with Crippen molar-refractivity contribution in [2.24, 2.45) is 5.73 Å². The molecule has 1 aromatic rings. The van der Waals surface area contributed by atoms with Crippen LogP contribution in [0.2, 0.25) is 10.0 Å². The maximum atomic E-state index is 10.3. The van der Waals surface area contributed by atoms with Crippen molar-refractivity contribution in [3.05, 3.63) is 28.2 Å². The van der Waals surface area contributed by atoms with Gasteiger partial charge in [0.2, 0.25) is 0 Å². The molecule has 0 aromatic heterocycles. The topological polar surface area (TPSA) is 67.2 Å². The molecule has 0 fully saturated rings. The Labute approximate surface area is 85.0 Å². The lowest BCUT2D eigenvalue weighted by Crippen LogP contribution is -2.34. The number of nitrogens with one attached hydrogen (secondary N) is 2. The summed E-state index contributed by atoms with van der Waals surface area (Å²) in [7, 11) is 0. The number of hydrazine groups is 1. The molecule has 0 bridgehead atoms. The third-order valence-corrected chi connectivity index (χ3v) is 1.99. The number of hydrogen-bond acceptors (Lipinski definition) is 2. The van der Waals surface area contributed by atoms with Crippen LogP contribution in [0.5, 0.6) is 0 Å². The molecule has 0 unspecified atom stereocenters. The summed E-state index contributed by atoms with van der Waals surface area (Å²) in [4.78, 5) is 10.3. The fraction of sp³-hybridized carbons (Fsp3) is 0. The van der Waals surface area contributed by atoms with Crippen LogP contribution in [0.1, 0.15) is 0 Å². The van der Waals surface area contributed by atoms with Crippen molar-refractivity contribution >= 4 is 34.9 Å². The predicted octanol–water partition coefficient (Wildman–Crippen LogP) is 1.99. The highest BCUT2D eigenvalue weighted by Gasteiger charge is 1.98. The quantitative estimate of drug-likeness (QED) is 0.667. The molecule has 1 aromatic carbocycles. The summed E-state index contributed by atoms with van der Waals surface area (Å²) in [5, 5.41) is 0.851. The Morgan fingerprint density at radius 2 is 2.00 bits per heavy atom. The maximum Gasteiger partial charge on any atom is 0.330 e. The van der Waals surface area contributed by atoms with Crippen LogP contribution >= 0.6 is 23.2 Å². The minimum absolute atomic E-state index is 0.401. The number of anilines is 1. The summed E-state index contributed by atoms with van der Waals surface area (Å²) in [6.45, 7) is 0. The Balaban J connectivity index is 2.68. The van der Waals surface area contributed by atoms with Gasteiger partial charge in [-0.1, -0.05) is 23.2 Å². The Kier molecular flexibility index (Phi) is 3.22. The summed E-state index contributed by atoms with van der Waals surface area (Å²) in [5.41, 5.74) is 10.2. The lowest BCUT2D eigenvalue weighted by molar-refractivity contribution is 0.250. The van der Waals surface area contributed by atoms with Crippen LogP contribution in [0.3, 0.4) is 0 Å². The fourth-order valence-corrected chi connectivity index (χ4v) is 1.01. The number of hydrogen-bond donors (Lipinski definition) is 3. The van der Waals surface area contributed by atoms with Gasteiger partial charge in [-0.3, -0.25) is 10.9 Å². The van der Waals surface area contributed by atoms with Crippen molar-refractivity contribution in [3.63, 3.8) is 0 Å². The molecule has 1 rings (SSSR count). The maximum absolute atomic E-state index is 10.3. The third kappa shape index (κ3) is 3.01. The molecule has 0 spiro atoms. The van der Waals surface area contributed by atoms with E-state index in [0.717, 1.165) is 0 Å². The van der Waals surface area contributed by atoms with E-state index in [1.54, 1.807) is 18.2 Å². The molecular formula is C7H7Cl2N3O. The third-order valence-electron chi connectivity index (χ3n) is 1.25. The van der Waals surface area contributed by atoms with Gasteiger partial charge in [0.15, 0.2) is 0 Å². The predicted molar refractivity (Wildman–Crippen MR) is 52.8 cm³/mol. The molecule has 0 atom stereocenters. The molecule has 13 heavy (non-hydrogen) atoms. The number of benzene rings is 1. The number of carbonyl (C=O) groups is 1. The number of nitrogens with two attached hydrogens (primary N) is 1. The Hall–Kier alpha value is -1.13. The van der Waals surface area contributed by atoms with Crippen LogP contribution in [0.25, 0.3) is 0 Å². The molecule has 0 heterocycles. The Bertz CT molecular complexity index is 330. The van der Waals surface area contributed by atoms with Gasteiger partial charge in [0.1, 0.15) is 0 Å². The molecular weight excluding hydrogens is 213 g/mol. The van der Waals surface area contributed by atoms with E-state index in [1.807, 2.05) is 0 Å². The second-order valence-electron chi connectivity index (χ2n) is 2.24. The van der Waals surface area contributed by atoms with Crippen molar-refractivity contribution in [2.75, 3.05) is 5.43 Å². The highest BCUT2D eigenvalue weighted by Crippen LogP contribution is 2.24. The van der Waals surface area contributed by atoms with Crippen molar-refractivity contribution in [3.8, 4) is 0 Å². The first-order chi connectivity index (χ1) is 6.09. The second kappa shape index (κ2) is 4.20. The molecule has 0 saturated carbocycles. The van der Waals surface area contributed by atoms with Gasteiger partial charge < -0.3 is 5.73 Å². The Morgan fingerprint density at radius 1 is 1.31 bits per heavy atom. The van der Waals surface area contributed by atoms with Gasteiger partial charge in [-0.25, -0.2) is 4.79 Å². The van der Waals surface area contributed by atoms with Crippen LogP contribution in [0.4, 0.5) is 10.5 Å². The van der Waals surface area contributed by atoms with Crippen molar-refractivity contribution in [2.45, 2.75) is 0 Å². The SMILES string of the molecule is NC(=O)NNc1ccc(Cl)c(Cl)c1. The molecule has 0 saturated heterocycles. The van der Waals surface area contributed by atoms with Gasteiger partial charge >= 0.3 is 6.03 Å². The van der Waals surface area contributed by atoms with E-state index in [0.29, 0.717) is 15.7 Å². The standard InChI is InChI=1S/C7H7Cl2N3O/c8-5-2-1-4(3-6(5)9)11-12-7(10)13/h1-3,11H,(H3,10,12,13). The van der Waals surface area contributed by atoms with E-state index >= 15 is 0 Å². The van der Waals surface area contributed by atoms with E-state index in [2.05, 4.69) is 10.9 Å². The zero-order valence-electron chi connectivity index (χ0n) is 6.47. The average Bonchev–Trinajstić information content (AvgIpc) is 2.07. The first-order valence-electron chi connectivity index (χ1n) is 3.36. The van der Waals surface area contributed by atoms with E-state index < -0.39 is 6.03 Å². The van der Waals surface area contributed by atoms with Gasteiger partial charge in [0, 0.05) is 0 Å². The van der Waals surface area contributed by atoms with Gasteiger partial charge in [-0.15, -0.1) is 0 Å². The lowest BCUT2D eigenvalue weighted by Gasteiger charge is -2.06. The van der Waals surface area contributed by atoms with Crippen molar-refractivity contribution < 1.29 is 4.79 Å². The van der Waals surface area contributed by atoms with E-state index in [4.69, 9.17) is 28.9 Å². The van der Waals surface area contributed by atoms with Gasteiger partial charge in [-0.2, -0.15) is 0 Å². The zero-order valence-corrected chi connectivity index (χ0v) is 7.99. The first kappa shape index (κ1) is 9.95. The number of amides is 2. The molecule has 0 aliphatic carbocycles. The van der Waals surface area contributed by atoms with Gasteiger partial charge in [0.25, 0.3) is 0 Å². The number of primary amides is 1. The van der Waals surface area contributed by atoms with Crippen LogP contribution in [-0.4, -0.2) is 6.03 Å². The minimum Gasteiger partial charge on any atom is -0.350 e. The van der Waals surface area contributed by atoms with E-state index in [9.17, 15) is 4.79 Å². The van der Waals surface area contributed by atoms with Crippen molar-refractivity contribution in [1.82, 2.24) is 5.43 Å². The molecule has 0 aliphatic heterocycles.